The first-order valence-electron chi connectivity index (χ1n) is 7.17. The van der Waals surface area contributed by atoms with Crippen molar-refractivity contribution in [2.75, 3.05) is 19.6 Å². The molecule has 0 aromatic heterocycles. The normalized spacial score (nSPS) is 14.4. The molecule has 2 amide bonds. The lowest BCUT2D eigenvalue weighted by Gasteiger charge is -2.15. The van der Waals surface area contributed by atoms with Gasteiger partial charge in [-0.25, -0.2) is 0 Å². The van der Waals surface area contributed by atoms with Crippen molar-refractivity contribution in [3.63, 3.8) is 0 Å². The third-order valence-electron chi connectivity index (χ3n) is 3.83. The highest BCUT2D eigenvalue weighted by atomic mass is 16.2. The van der Waals surface area contributed by atoms with Crippen molar-refractivity contribution in [2.45, 2.75) is 33.1 Å². The number of hydrogen-bond donors (Lipinski definition) is 1. The monoisotopic (exact) mass is 274 g/mol. The van der Waals surface area contributed by atoms with Crippen LogP contribution in [0.25, 0.3) is 0 Å². The molecule has 4 heteroatoms. The number of nitrogens with one attached hydrogen (secondary N) is 1. The van der Waals surface area contributed by atoms with Crippen LogP contribution in [0.5, 0.6) is 0 Å². The van der Waals surface area contributed by atoms with Crippen molar-refractivity contribution in [3.8, 4) is 0 Å². The molecule has 2 rings (SSSR count). The summed E-state index contributed by atoms with van der Waals surface area (Å²) in [6.07, 6.45) is 2.47. The van der Waals surface area contributed by atoms with E-state index in [1.807, 2.05) is 36.9 Å². The minimum absolute atomic E-state index is 0.0240. The Morgan fingerprint density at radius 1 is 1.15 bits per heavy atom. The van der Waals surface area contributed by atoms with Crippen LogP contribution in [0.4, 0.5) is 0 Å². The second-order valence-corrected chi connectivity index (χ2v) is 5.46. The summed E-state index contributed by atoms with van der Waals surface area (Å²) in [5.74, 6) is -0.0725. The van der Waals surface area contributed by atoms with E-state index < -0.39 is 0 Å². The van der Waals surface area contributed by atoms with E-state index in [2.05, 4.69) is 5.32 Å². The Kier molecular flexibility index (Phi) is 4.77. The van der Waals surface area contributed by atoms with Gasteiger partial charge in [-0.3, -0.25) is 9.59 Å². The maximum Gasteiger partial charge on any atom is 0.241 e. The Morgan fingerprint density at radius 3 is 2.50 bits per heavy atom. The Hall–Kier alpha value is -1.84. The first-order chi connectivity index (χ1) is 9.56. The molecule has 0 atom stereocenters. The number of hydrogen-bond acceptors (Lipinski definition) is 2. The molecule has 1 aliphatic rings. The van der Waals surface area contributed by atoms with E-state index >= 15 is 0 Å². The van der Waals surface area contributed by atoms with Gasteiger partial charge in [0.2, 0.25) is 11.8 Å². The Labute approximate surface area is 120 Å². The lowest BCUT2D eigenvalue weighted by molar-refractivity contribution is -0.131. The zero-order valence-corrected chi connectivity index (χ0v) is 12.2. The maximum atomic E-state index is 11.8. The molecule has 108 valence electrons. The van der Waals surface area contributed by atoms with Crippen LogP contribution >= 0.6 is 0 Å². The summed E-state index contributed by atoms with van der Waals surface area (Å²) in [7, 11) is 0. The zero-order chi connectivity index (χ0) is 14.5. The fourth-order valence-electron chi connectivity index (χ4n) is 2.41. The molecule has 0 spiro atoms. The molecule has 0 radical (unpaired) electrons. The van der Waals surface area contributed by atoms with E-state index in [9.17, 15) is 9.59 Å². The molecule has 0 bridgehead atoms. The quantitative estimate of drug-likeness (QED) is 0.906. The van der Waals surface area contributed by atoms with E-state index in [0.717, 1.165) is 31.5 Å². The number of nitrogens with zero attached hydrogens (tertiary/aromatic N) is 1. The molecule has 4 nitrogen and oxygen atoms in total. The predicted molar refractivity (Wildman–Crippen MR) is 78.4 cm³/mol. The predicted octanol–water partition coefficient (Wildman–Crippen LogP) is 1.58. The molecule has 0 saturated carbocycles. The van der Waals surface area contributed by atoms with Crippen molar-refractivity contribution < 1.29 is 9.59 Å². The fourth-order valence-corrected chi connectivity index (χ4v) is 2.41. The molecule has 1 fully saturated rings. The Bertz CT molecular complexity index is 505. The maximum absolute atomic E-state index is 11.8. The number of benzene rings is 1. The van der Waals surface area contributed by atoms with E-state index in [0.29, 0.717) is 6.42 Å². The van der Waals surface area contributed by atoms with Crippen LogP contribution in [-0.4, -0.2) is 36.3 Å². The second kappa shape index (κ2) is 6.55. The summed E-state index contributed by atoms with van der Waals surface area (Å²) in [4.78, 5) is 25.5. The van der Waals surface area contributed by atoms with Gasteiger partial charge in [-0.1, -0.05) is 18.2 Å². The average Bonchev–Trinajstić information content (AvgIpc) is 2.94. The minimum atomic E-state index is -0.0965. The molecular formula is C16H22N2O2. The third-order valence-corrected chi connectivity index (χ3v) is 3.83. The molecule has 1 aliphatic heterocycles. The standard InChI is InChI=1S/C16H22N2O2/c1-12-5-6-14(9-13(12)2)10-15(19)17-11-16(20)18-7-3-4-8-18/h5-6,9H,3-4,7-8,10-11H2,1-2H3,(H,17,19). The zero-order valence-electron chi connectivity index (χ0n) is 12.2. The molecule has 20 heavy (non-hydrogen) atoms. The Morgan fingerprint density at radius 2 is 1.85 bits per heavy atom. The van der Waals surface area contributed by atoms with Crippen molar-refractivity contribution in [1.29, 1.82) is 0 Å². The van der Waals surface area contributed by atoms with Crippen LogP contribution in [0.15, 0.2) is 18.2 Å². The summed E-state index contributed by atoms with van der Waals surface area (Å²) in [5.41, 5.74) is 3.39. The van der Waals surface area contributed by atoms with Crippen LogP contribution in [0.1, 0.15) is 29.5 Å². The van der Waals surface area contributed by atoms with Crippen LogP contribution in [0.3, 0.4) is 0 Å². The van der Waals surface area contributed by atoms with E-state index in [-0.39, 0.29) is 18.4 Å². The van der Waals surface area contributed by atoms with Gasteiger partial charge in [0.15, 0.2) is 0 Å². The van der Waals surface area contributed by atoms with Gasteiger partial charge < -0.3 is 10.2 Å². The number of rotatable bonds is 4. The second-order valence-electron chi connectivity index (χ2n) is 5.46. The molecule has 1 aromatic carbocycles. The van der Waals surface area contributed by atoms with Crippen LogP contribution < -0.4 is 5.32 Å². The molecule has 1 heterocycles. The number of carbonyl (C=O) groups is 2. The highest BCUT2D eigenvalue weighted by Crippen LogP contribution is 2.10. The molecule has 0 aliphatic carbocycles. The number of likely N-dealkylation sites (tertiary alicyclic amines) is 1. The highest BCUT2D eigenvalue weighted by Gasteiger charge is 2.18. The topological polar surface area (TPSA) is 49.4 Å². The number of carbonyl (C=O) groups excluding carboxylic acids is 2. The largest absolute Gasteiger partial charge is 0.347 e. The SMILES string of the molecule is Cc1ccc(CC(=O)NCC(=O)N2CCCC2)cc1C. The van der Waals surface area contributed by atoms with Crippen molar-refractivity contribution in [2.24, 2.45) is 0 Å². The Balaban J connectivity index is 1.80. The first-order valence-corrected chi connectivity index (χ1v) is 7.17. The van der Waals surface area contributed by atoms with Crippen LogP contribution in [0, 0.1) is 13.8 Å². The molecular weight excluding hydrogens is 252 g/mol. The van der Waals surface area contributed by atoms with Crippen molar-refractivity contribution >= 4 is 11.8 Å². The van der Waals surface area contributed by atoms with E-state index in [4.69, 9.17) is 0 Å². The van der Waals surface area contributed by atoms with Gasteiger partial charge in [-0.05, 0) is 43.4 Å². The molecule has 1 aromatic rings. The number of aryl methyl sites for hydroxylation is 2. The van der Waals surface area contributed by atoms with Gasteiger partial charge in [-0.2, -0.15) is 0 Å². The molecule has 0 unspecified atom stereocenters. The van der Waals surface area contributed by atoms with Crippen LogP contribution in [0.2, 0.25) is 0 Å². The summed E-state index contributed by atoms with van der Waals surface area (Å²) >= 11 is 0. The van der Waals surface area contributed by atoms with Gasteiger partial charge in [0, 0.05) is 13.1 Å². The lowest BCUT2D eigenvalue weighted by atomic mass is 10.0. The highest BCUT2D eigenvalue weighted by molar-refractivity contribution is 5.85. The smallest absolute Gasteiger partial charge is 0.241 e. The van der Waals surface area contributed by atoms with Crippen molar-refractivity contribution in [3.05, 3.63) is 34.9 Å². The average molecular weight is 274 g/mol. The van der Waals surface area contributed by atoms with Gasteiger partial charge in [0.1, 0.15) is 0 Å². The number of amides is 2. The van der Waals surface area contributed by atoms with E-state index in [1.54, 1.807) is 0 Å². The summed E-state index contributed by atoms with van der Waals surface area (Å²) in [6.45, 7) is 5.85. The summed E-state index contributed by atoms with van der Waals surface area (Å²) in [6, 6.07) is 6.01. The van der Waals surface area contributed by atoms with Crippen LogP contribution in [-0.2, 0) is 16.0 Å². The third kappa shape index (κ3) is 3.83. The van der Waals surface area contributed by atoms with Gasteiger partial charge in [0.05, 0.1) is 13.0 Å². The fraction of sp³-hybridized carbons (Fsp3) is 0.500. The summed E-state index contributed by atoms with van der Waals surface area (Å²) in [5, 5.41) is 2.71. The first kappa shape index (κ1) is 14.6. The van der Waals surface area contributed by atoms with Gasteiger partial charge >= 0.3 is 0 Å². The van der Waals surface area contributed by atoms with Gasteiger partial charge in [0.25, 0.3) is 0 Å². The minimum Gasteiger partial charge on any atom is -0.347 e. The van der Waals surface area contributed by atoms with Crippen molar-refractivity contribution in [1.82, 2.24) is 10.2 Å². The lowest BCUT2D eigenvalue weighted by Crippen LogP contribution is -2.39. The van der Waals surface area contributed by atoms with Gasteiger partial charge in [-0.15, -0.1) is 0 Å². The molecule has 1 saturated heterocycles. The van der Waals surface area contributed by atoms with E-state index in [1.165, 1.54) is 11.1 Å². The summed E-state index contributed by atoms with van der Waals surface area (Å²) < 4.78 is 0. The molecule has 1 N–H and O–H groups in total.